The number of hydrogen-bond acceptors (Lipinski definition) is 4. The Morgan fingerprint density at radius 3 is 2.86 bits per heavy atom. The Morgan fingerprint density at radius 2 is 2.03 bits per heavy atom. The van der Waals surface area contributed by atoms with Crippen molar-refractivity contribution >= 4 is 5.97 Å². The normalized spacial score (nSPS) is 22.1. The molecule has 0 bridgehead atoms. The summed E-state index contributed by atoms with van der Waals surface area (Å²) in [7, 11) is 0. The Kier molecular flexibility index (Phi) is 4.70. The molecule has 1 spiro atoms. The largest absolute Gasteiger partial charge is 0.492 e. The predicted molar refractivity (Wildman–Crippen MR) is 110 cm³/mol. The minimum absolute atomic E-state index is 0.0630. The molecule has 1 saturated heterocycles. The summed E-state index contributed by atoms with van der Waals surface area (Å²) in [5.74, 6) is 1.10. The molecule has 0 radical (unpaired) electrons. The maximum absolute atomic E-state index is 10.8. The fraction of sp³-hybridized carbons (Fsp3) is 0.458. The first-order chi connectivity index (χ1) is 14.1. The summed E-state index contributed by atoms with van der Waals surface area (Å²) >= 11 is 0. The van der Waals surface area contributed by atoms with Gasteiger partial charge in [0.15, 0.2) is 0 Å². The second kappa shape index (κ2) is 7.38. The number of hydrogen-bond donors (Lipinski definition) is 1. The third-order valence-corrected chi connectivity index (χ3v) is 6.84. The Labute approximate surface area is 171 Å². The molecular weight excluding hydrogens is 366 g/mol. The molecule has 1 aliphatic carbocycles. The fourth-order valence-corrected chi connectivity index (χ4v) is 5.10. The Hall–Kier alpha value is -2.53. The zero-order valence-electron chi connectivity index (χ0n) is 16.6. The summed E-state index contributed by atoms with van der Waals surface area (Å²) < 4.78 is 12.4. The lowest BCUT2D eigenvalue weighted by Gasteiger charge is -2.38. The van der Waals surface area contributed by atoms with Crippen molar-refractivity contribution in [2.75, 3.05) is 26.2 Å². The summed E-state index contributed by atoms with van der Waals surface area (Å²) in [5.41, 5.74) is 4.05. The van der Waals surface area contributed by atoms with Crippen molar-refractivity contribution in [3.05, 3.63) is 59.2 Å². The number of likely N-dealkylation sites (tertiary alicyclic amines) is 1. The zero-order chi connectivity index (χ0) is 19.8. The van der Waals surface area contributed by atoms with Gasteiger partial charge in [0, 0.05) is 23.6 Å². The zero-order valence-corrected chi connectivity index (χ0v) is 16.6. The van der Waals surface area contributed by atoms with Crippen molar-refractivity contribution < 1.29 is 19.4 Å². The molecule has 2 heterocycles. The number of carboxylic acids is 1. The predicted octanol–water partition coefficient (Wildman–Crippen LogP) is 3.95. The highest BCUT2D eigenvalue weighted by Crippen LogP contribution is 2.47. The van der Waals surface area contributed by atoms with Crippen molar-refractivity contribution in [1.82, 2.24) is 4.90 Å². The van der Waals surface area contributed by atoms with Crippen LogP contribution in [0.15, 0.2) is 42.5 Å². The third-order valence-electron chi connectivity index (χ3n) is 6.84. The minimum atomic E-state index is -0.725. The van der Waals surface area contributed by atoms with Gasteiger partial charge in [0.2, 0.25) is 0 Å². The molecule has 1 atom stereocenters. The second-order valence-electron chi connectivity index (χ2n) is 8.56. The lowest BCUT2D eigenvalue weighted by Crippen LogP contribution is -2.44. The van der Waals surface area contributed by atoms with Gasteiger partial charge in [-0.15, -0.1) is 0 Å². The van der Waals surface area contributed by atoms with E-state index in [4.69, 9.17) is 14.6 Å². The Bertz CT molecular complexity index is 917. The number of rotatable bonds is 5. The van der Waals surface area contributed by atoms with Crippen molar-refractivity contribution in [3.63, 3.8) is 0 Å². The van der Waals surface area contributed by atoms with Crippen LogP contribution in [0.1, 0.15) is 48.5 Å². The molecular formula is C24H27NO4. The molecule has 5 rings (SSSR count). The second-order valence-corrected chi connectivity index (χ2v) is 8.56. The van der Waals surface area contributed by atoms with Crippen molar-refractivity contribution in [3.8, 4) is 11.5 Å². The highest BCUT2D eigenvalue weighted by atomic mass is 16.5. The summed E-state index contributed by atoms with van der Waals surface area (Å²) in [6.45, 7) is 3.19. The van der Waals surface area contributed by atoms with E-state index < -0.39 is 5.97 Å². The lowest BCUT2D eigenvalue weighted by molar-refractivity contribution is -0.137. The van der Waals surface area contributed by atoms with E-state index in [-0.39, 0.29) is 17.9 Å². The van der Waals surface area contributed by atoms with Crippen molar-refractivity contribution in [2.45, 2.75) is 43.6 Å². The van der Waals surface area contributed by atoms with Gasteiger partial charge in [0.05, 0.1) is 13.0 Å². The van der Waals surface area contributed by atoms with Gasteiger partial charge < -0.3 is 19.5 Å². The quantitative estimate of drug-likeness (QED) is 0.833. The third kappa shape index (κ3) is 3.48. The van der Waals surface area contributed by atoms with Crippen molar-refractivity contribution in [2.24, 2.45) is 0 Å². The molecule has 152 valence electrons. The van der Waals surface area contributed by atoms with Crippen molar-refractivity contribution in [1.29, 1.82) is 0 Å². The van der Waals surface area contributed by atoms with Crippen LogP contribution in [0.2, 0.25) is 0 Å². The molecule has 3 aliphatic rings. The van der Waals surface area contributed by atoms with Crippen LogP contribution in [-0.4, -0.2) is 42.2 Å². The van der Waals surface area contributed by atoms with Gasteiger partial charge in [-0.1, -0.05) is 30.3 Å². The van der Waals surface area contributed by atoms with E-state index in [1.807, 2.05) is 0 Å². The SMILES string of the molecule is O=C(O)CCN1CCC2(CC1)COc1cc(OC3CCc4ccccc43)ccc12. The topological polar surface area (TPSA) is 59.0 Å². The molecule has 1 N–H and O–H groups in total. The Balaban J connectivity index is 1.27. The number of benzene rings is 2. The van der Waals surface area contributed by atoms with E-state index in [0.29, 0.717) is 13.2 Å². The maximum Gasteiger partial charge on any atom is 0.304 e. The van der Waals surface area contributed by atoms with Gasteiger partial charge in [0.25, 0.3) is 0 Å². The van der Waals surface area contributed by atoms with E-state index >= 15 is 0 Å². The van der Waals surface area contributed by atoms with Gasteiger partial charge in [-0.2, -0.15) is 0 Å². The number of ether oxygens (including phenoxy) is 2. The molecule has 2 aromatic rings. The first-order valence-corrected chi connectivity index (χ1v) is 10.6. The van der Waals surface area contributed by atoms with Crippen LogP contribution in [0.3, 0.4) is 0 Å². The number of aliphatic carboxylic acids is 1. The number of carbonyl (C=O) groups is 1. The molecule has 0 saturated carbocycles. The van der Waals surface area contributed by atoms with Crippen LogP contribution in [0.5, 0.6) is 11.5 Å². The van der Waals surface area contributed by atoms with Crippen LogP contribution in [0.4, 0.5) is 0 Å². The number of piperidine rings is 1. The molecule has 1 fully saturated rings. The standard InChI is InChI=1S/C24H27NO4/c26-23(27)9-12-25-13-10-24(11-14-25)16-28-22-15-18(6-7-20(22)24)29-21-8-5-17-3-1-2-4-19(17)21/h1-4,6-7,15,21H,5,8-14,16H2,(H,26,27). The Morgan fingerprint density at radius 1 is 1.21 bits per heavy atom. The summed E-state index contributed by atoms with van der Waals surface area (Å²) in [6, 6.07) is 14.9. The summed E-state index contributed by atoms with van der Waals surface area (Å²) in [5, 5.41) is 8.90. The smallest absolute Gasteiger partial charge is 0.304 e. The van der Waals surface area contributed by atoms with E-state index in [1.54, 1.807) is 0 Å². The van der Waals surface area contributed by atoms with Gasteiger partial charge in [0.1, 0.15) is 17.6 Å². The molecule has 2 aromatic carbocycles. The summed E-state index contributed by atoms with van der Waals surface area (Å²) in [6.07, 6.45) is 4.45. The highest BCUT2D eigenvalue weighted by molar-refractivity contribution is 5.66. The van der Waals surface area contributed by atoms with E-state index in [1.165, 1.54) is 16.7 Å². The van der Waals surface area contributed by atoms with Gasteiger partial charge in [-0.3, -0.25) is 4.79 Å². The first kappa shape index (κ1) is 18.5. The van der Waals surface area contributed by atoms with Gasteiger partial charge in [-0.05, 0) is 56.0 Å². The van der Waals surface area contributed by atoms with Crippen LogP contribution in [-0.2, 0) is 16.6 Å². The van der Waals surface area contributed by atoms with Crippen LogP contribution >= 0.6 is 0 Å². The van der Waals surface area contributed by atoms with Crippen LogP contribution < -0.4 is 9.47 Å². The monoisotopic (exact) mass is 393 g/mol. The van der Waals surface area contributed by atoms with Gasteiger partial charge >= 0.3 is 5.97 Å². The van der Waals surface area contributed by atoms with E-state index in [9.17, 15) is 4.79 Å². The highest BCUT2D eigenvalue weighted by Gasteiger charge is 2.43. The van der Waals surface area contributed by atoms with Crippen LogP contribution in [0.25, 0.3) is 0 Å². The van der Waals surface area contributed by atoms with E-state index in [2.05, 4.69) is 47.4 Å². The maximum atomic E-state index is 10.8. The minimum Gasteiger partial charge on any atom is -0.492 e. The molecule has 29 heavy (non-hydrogen) atoms. The van der Waals surface area contributed by atoms with E-state index in [0.717, 1.165) is 50.3 Å². The van der Waals surface area contributed by atoms with Crippen LogP contribution in [0, 0.1) is 0 Å². The molecule has 5 heteroatoms. The molecule has 1 unspecified atom stereocenters. The number of aryl methyl sites for hydroxylation is 1. The first-order valence-electron chi connectivity index (χ1n) is 10.6. The number of nitrogens with zero attached hydrogens (tertiary/aromatic N) is 1. The number of carboxylic acid groups (broad SMARTS) is 1. The summed E-state index contributed by atoms with van der Waals surface area (Å²) in [4.78, 5) is 13.1. The van der Waals surface area contributed by atoms with Gasteiger partial charge in [-0.25, -0.2) is 0 Å². The fourth-order valence-electron chi connectivity index (χ4n) is 5.10. The average molecular weight is 393 g/mol. The lowest BCUT2D eigenvalue weighted by atomic mass is 9.74. The molecule has 5 nitrogen and oxygen atoms in total. The molecule has 0 amide bonds. The average Bonchev–Trinajstić information content (AvgIpc) is 3.30. The number of fused-ring (bicyclic) bond motifs is 3. The molecule has 0 aromatic heterocycles. The molecule has 2 aliphatic heterocycles.